The first kappa shape index (κ1) is 24.3. The molecule has 182 valence electrons. The average Bonchev–Trinajstić information content (AvgIpc) is 3.66. The van der Waals surface area contributed by atoms with Crippen LogP contribution in [0.1, 0.15) is 35.6 Å². The summed E-state index contributed by atoms with van der Waals surface area (Å²) in [6.07, 6.45) is 1.27. The van der Waals surface area contributed by atoms with Crippen molar-refractivity contribution in [3.05, 3.63) is 58.1 Å². The van der Waals surface area contributed by atoms with Gasteiger partial charge in [-0.1, -0.05) is 41.9 Å². The summed E-state index contributed by atoms with van der Waals surface area (Å²) >= 11 is 6.46. The first-order chi connectivity index (χ1) is 16.2. The molecule has 2 aromatic carbocycles. The topological polar surface area (TPSA) is 102 Å². The van der Waals surface area contributed by atoms with E-state index in [0.29, 0.717) is 41.5 Å². The third-order valence-electron chi connectivity index (χ3n) is 6.15. The number of hydrogen-bond donors (Lipinski definition) is 1. The molecule has 2 amide bonds. The van der Waals surface area contributed by atoms with Gasteiger partial charge in [0.05, 0.1) is 37.0 Å². The number of carbonyl (C=O) groups excluding carboxylic acids is 2. The van der Waals surface area contributed by atoms with Crippen LogP contribution >= 0.6 is 11.6 Å². The van der Waals surface area contributed by atoms with Crippen LogP contribution in [-0.2, 0) is 32.4 Å². The molecule has 0 saturated heterocycles. The Kier molecular flexibility index (Phi) is 7.04. The lowest BCUT2D eigenvalue weighted by molar-refractivity contribution is -0.132. The van der Waals surface area contributed by atoms with Crippen molar-refractivity contribution >= 4 is 33.3 Å². The number of ether oxygens (including phenoxy) is 2. The highest BCUT2D eigenvalue weighted by Crippen LogP contribution is 2.38. The number of halogens is 1. The monoisotopic (exact) mass is 506 g/mol. The smallest absolute Gasteiger partial charge is 0.235 e. The van der Waals surface area contributed by atoms with Crippen molar-refractivity contribution in [3.8, 4) is 11.5 Å². The number of fused-ring (bicyclic) bond motifs is 1. The van der Waals surface area contributed by atoms with E-state index in [-0.39, 0.29) is 18.9 Å². The highest BCUT2D eigenvalue weighted by Gasteiger charge is 2.38. The zero-order valence-corrected chi connectivity index (χ0v) is 20.6. The number of nitrogens with one attached hydrogen (secondary N) is 1. The number of rotatable bonds is 8. The summed E-state index contributed by atoms with van der Waals surface area (Å²) in [5.41, 5.74) is 2.38. The van der Waals surface area contributed by atoms with Gasteiger partial charge in [-0.15, -0.1) is 0 Å². The van der Waals surface area contributed by atoms with E-state index in [1.54, 1.807) is 17.0 Å². The lowest BCUT2D eigenvalue weighted by Gasteiger charge is -2.35. The Bertz CT molecular complexity index is 1210. The fraction of sp³-hybridized carbons (Fsp3) is 0.417. The summed E-state index contributed by atoms with van der Waals surface area (Å²) in [6.45, 7) is 0.614. The summed E-state index contributed by atoms with van der Waals surface area (Å²) in [7, 11) is -0.443. The van der Waals surface area contributed by atoms with Crippen LogP contribution in [0.25, 0.3) is 0 Å². The molecule has 4 rings (SSSR count). The zero-order valence-electron chi connectivity index (χ0n) is 19.0. The van der Waals surface area contributed by atoms with Crippen LogP contribution in [0.3, 0.4) is 0 Å². The van der Waals surface area contributed by atoms with Crippen LogP contribution in [0, 0.1) is 0 Å². The number of methoxy groups -OCH3 is 2. The van der Waals surface area contributed by atoms with Gasteiger partial charge in [-0.2, -0.15) is 0 Å². The number of benzene rings is 2. The van der Waals surface area contributed by atoms with Crippen molar-refractivity contribution in [1.82, 2.24) is 10.2 Å². The van der Waals surface area contributed by atoms with E-state index in [9.17, 15) is 18.0 Å². The number of sulfone groups is 1. The molecule has 1 fully saturated rings. The minimum absolute atomic E-state index is 0.0398. The lowest BCUT2D eigenvalue weighted by Crippen LogP contribution is -2.46. The van der Waals surface area contributed by atoms with E-state index in [4.69, 9.17) is 21.1 Å². The highest BCUT2D eigenvalue weighted by molar-refractivity contribution is 7.93. The summed E-state index contributed by atoms with van der Waals surface area (Å²) in [5.74, 6) is -0.427. The first-order valence-corrected chi connectivity index (χ1v) is 13.1. The van der Waals surface area contributed by atoms with Gasteiger partial charge in [-0.05, 0) is 35.6 Å². The Balaban J connectivity index is 1.51. The molecular formula is C24H27ClN2O6S. The molecule has 10 heteroatoms. The Morgan fingerprint density at radius 3 is 2.53 bits per heavy atom. The molecule has 1 heterocycles. The molecule has 1 atom stereocenters. The molecule has 0 spiro atoms. The molecule has 8 nitrogen and oxygen atoms in total. The molecule has 34 heavy (non-hydrogen) atoms. The van der Waals surface area contributed by atoms with Crippen molar-refractivity contribution in [2.75, 3.05) is 26.5 Å². The summed E-state index contributed by atoms with van der Waals surface area (Å²) in [6, 6.07) is 10.4. The number of hydrogen-bond acceptors (Lipinski definition) is 6. The van der Waals surface area contributed by atoms with Gasteiger partial charge in [0.2, 0.25) is 11.8 Å². The number of amides is 2. The van der Waals surface area contributed by atoms with E-state index in [0.717, 1.165) is 11.1 Å². The van der Waals surface area contributed by atoms with Crippen molar-refractivity contribution in [2.24, 2.45) is 0 Å². The maximum absolute atomic E-state index is 13.2. The van der Waals surface area contributed by atoms with Crippen molar-refractivity contribution < 1.29 is 27.5 Å². The quantitative estimate of drug-likeness (QED) is 0.590. The molecule has 1 saturated carbocycles. The Morgan fingerprint density at radius 2 is 1.85 bits per heavy atom. The first-order valence-electron chi connectivity index (χ1n) is 11.0. The van der Waals surface area contributed by atoms with E-state index in [2.05, 4.69) is 5.32 Å². The Hall–Kier alpha value is -2.78. The van der Waals surface area contributed by atoms with Gasteiger partial charge < -0.3 is 19.7 Å². The van der Waals surface area contributed by atoms with Crippen LogP contribution in [-0.4, -0.2) is 56.9 Å². The van der Waals surface area contributed by atoms with Gasteiger partial charge >= 0.3 is 0 Å². The molecule has 0 aromatic heterocycles. The SMILES string of the molecule is COc1ccc(CC(=O)N2Cc3ccccc3C(NC(=O)CS(=O)(=O)C3CC3)C2)c(Cl)c1OC. The molecular weight excluding hydrogens is 480 g/mol. The third-order valence-corrected chi connectivity index (χ3v) is 8.72. The second kappa shape index (κ2) is 9.84. The normalized spacial score (nSPS) is 17.6. The highest BCUT2D eigenvalue weighted by atomic mass is 35.5. The van der Waals surface area contributed by atoms with Gasteiger partial charge in [0.15, 0.2) is 21.3 Å². The van der Waals surface area contributed by atoms with E-state index < -0.39 is 32.8 Å². The van der Waals surface area contributed by atoms with Crippen molar-refractivity contribution in [3.63, 3.8) is 0 Å². The predicted molar refractivity (Wildman–Crippen MR) is 128 cm³/mol. The average molecular weight is 507 g/mol. The van der Waals surface area contributed by atoms with Gasteiger partial charge in [0.25, 0.3) is 0 Å². The van der Waals surface area contributed by atoms with Crippen LogP contribution in [0.4, 0.5) is 0 Å². The third kappa shape index (κ3) is 5.15. The van der Waals surface area contributed by atoms with Gasteiger partial charge in [0, 0.05) is 13.1 Å². The van der Waals surface area contributed by atoms with E-state index in [1.165, 1.54) is 14.2 Å². The van der Waals surface area contributed by atoms with Crippen LogP contribution in [0.2, 0.25) is 5.02 Å². The Morgan fingerprint density at radius 1 is 1.12 bits per heavy atom. The van der Waals surface area contributed by atoms with E-state index >= 15 is 0 Å². The van der Waals surface area contributed by atoms with Gasteiger partial charge in [-0.25, -0.2) is 8.42 Å². The molecule has 0 radical (unpaired) electrons. The maximum Gasteiger partial charge on any atom is 0.235 e. The van der Waals surface area contributed by atoms with E-state index in [1.807, 2.05) is 24.3 Å². The molecule has 2 aromatic rings. The fourth-order valence-corrected chi connectivity index (χ4v) is 6.06. The fourth-order valence-electron chi connectivity index (χ4n) is 4.23. The lowest BCUT2D eigenvalue weighted by atomic mass is 9.94. The molecule has 0 bridgehead atoms. The minimum atomic E-state index is -3.43. The molecule has 1 unspecified atom stereocenters. The standard InChI is InChI=1S/C24H27ClN2O6S/c1-32-20-10-7-15(23(25)24(20)33-2)11-22(29)27-12-16-5-3-4-6-18(16)19(13-27)26-21(28)14-34(30,31)17-8-9-17/h3-7,10,17,19H,8-9,11-14H2,1-2H3,(H,26,28). The summed E-state index contributed by atoms with van der Waals surface area (Å²) in [4.78, 5) is 27.5. The predicted octanol–water partition coefficient (Wildman–Crippen LogP) is 2.68. The minimum Gasteiger partial charge on any atom is -0.493 e. The second-order valence-corrected chi connectivity index (χ2v) is 11.2. The Labute approximate surface area is 204 Å². The number of carbonyl (C=O) groups is 2. The van der Waals surface area contributed by atoms with Crippen LogP contribution in [0.15, 0.2) is 36.4 Å². The van der Waals surface area contributed by atoms with Crippen LogP contribution in [0.5, 0.6) is 11.5 Å². The summed E-state index contributed by atoms with van der Waals surface area (Å²) in [5, 5.41) is 2.74. The molecule has 1 aliphatic carbocycles. The molecule has 2 aliphatic rings. The van der Waals surface area contributed by atoms with Crippen molar-refractivity contribution in [2.45, 2.75) is 37.1 Å². The molecule has 1 N–H and O–H groups in total. The second-order valence-electron chi connectivity index (χ2n) is 8.55. The number of nitrogens with zero attached hydrogens (tertiary/aromatic N) is 1. The van der Waals surface area contributed by atoms with Gasteiger partial charge in [0.1, 0.15) is 5.75 Å². The zero-order chi connectivity index (χ0) is 24.5. The maximum atomic E-state index is 13.2. The van der Waals surface area contributed by atoms with Crippen molar-refractivity contribution in [1.29, 1.82) is 0 Å². The summed E-state index contributed by atoms with van der Waals surface area (Å²) < 4.78 is 35.1. The van der Waals surface area contributed by atoms with Crippen LogP contribution < -0.4 is 14.8 Å². The largest absolute Gasteiger partial charge is 0.493 e. The molecule has 1 aliphatic heterocycles. The van der Waals surface area contributed by atoms with Gasteiger partial charge in [-0.3, -0.25) is 9.59 Å².